The molecule has 3 rings (SSSR count). The average Bonchev–Trinajstić information content (AvgIpc) is 2.44. The van der Waals surface area contributed by atoms with Crippen molar-refractivity contribution < 1.29 is 0 Å². The first-order valence-electron chi connectivity index (χ1n) is 5.94. The van der Waals surface area contributed by atoms with Crippen molar-refractivity contribution in [1.82, 2.24) is 9.55 Å². The van der Waals surface area contributed by atoms with Crippen LogP contribution in [0.4, 0.5) is 0 Å². The molecule has 2 aromatic carbocycles. The van der Waals surface area contributed by atoms with E-state index in [-0.39, 0.29) is 5.56 Å². The molecule has 0 radical (unpaired) electrons. The van der Waals surface area contributed by atoms with Gasteiger partial charge in [0.15, 0.2) is 0 Å². The lowest BCUT2D eigenvalue weighted by Gasteiger charge is -2.10. The van der Waals surface area contributed by atoms with Crippen LogP contribution in [0.2, 0.25) is 5.02 Å². The summed E-state index contributed by atoms with van der Waals surface area (Å²) in [5.74, 6) is 0. The van der Waals surface area contributed by atoms with Crippen LogP contribution in [0.15, 0.2) is 59.5 Å². The Morgan fingerprint density at radius 1 is 1.05 bits per heavy atom. The van der Waals surface area contributed by atoms with Crippen LogP contribution in [-0.2, 0) is 6.54 Å². The summed E-state index contributed by atoms with van der Waals surface area (Å²) >= 11 is 6.15. The molecule has 19 heavy (non-hydrogen) atoms. The van der Waals surface area contributed by atoms with Gasteiger partial charge in [-0.15, -0.1) is 0 Å². The second kappa shape index (κ2) is 4.86. The highest BCUT2D eigenvalue weighted by Crippen LogP contribution is 2.17. The van der Waals surface area contributed by atoms with Gasteiger partial charge in [-0.05, 0) is 23.8 Å². The Kier molecular flexibility index (Phi) is 3.05. The first kappa shape index (κ1) is 11.9. The maximum Gasteiger partial charge on any atom is 0.269 e. The van der Waals surface area contributed by atoms with E-state index in [2.05, 4.69) is 4.98 Å². The Bertz CT molecular complexity index is 795. The van der Waals surface area contributed by atoms with Crippen molar-refractivity contribution in [2.45, 2.75) is 6.54 Å². The summed E-state index contributed by atoms with van der Waals surface area (Å²) in [5, 5.41) is 0.662. The highest BCUT2D eigenvalue weighted by Gasteiger charge is 2.06. The predicted octanol–water partition coefficient (Wildman–Crippen LogP) is 3.10. The highest BCUT2D eigenvalue weighted by molar-refractivity contribution is 6.31. The molecule has 0 saturated heterocycles. The van der Waals surface area contributed by atoms with Gasteiger partial charge in [0, 0.05) is 5.02 Å². The van der Waals surface area contributed by atoms with E-state index in [0.29, 0.717) is 11.6 Å². The summed E-state index contributed by atoms with van der Waals surface area (Å²) in [7, 11) is 0. The third kappa shape index (κ3) is 2.25. The molecule has 0 aliphatic rings. The van der Waals surface area contributed by atoms with E-state index in [4.69, 9.17) is 11.6 Å². The van der Waals surface area contributed by atoms with Crippen LogP contribution in [0.5, 0.6) is 0 Å². The minimum atomic E-state index is -0.126. The van der Waals surface area contributed by atoms with Crippen molar-refractivity contribution in [2.75, 3.05) is 0 Å². The van der Waals surface area contributed by atoms with Crippen LogP contribution in [0.3, 0.4) is 0 Å². The number of para-hydroxylation sites is 2. The molecule has 0 fully saturated rings. The van der Waals surface area contributed by atoms with E-state index in [1.807, 2.05) is 48.5 Å². The van der Waals surface area contributed by atoms with Gasteiger partial charge in [-0.25, -0.2) is 4.98 Å². The highest BCUT2D eigenvalue weighted by atomic mass is 35.5. The molecule has 1 heterocycles. The Morgan fingerprint density at radius 3 is 2.63 bits per heavy atom. The Hall–Kier alpha value is -2.13. The first-order chi connectivity index (χ1) is 9.25. The van der Waals surface area contributed by atoms with Crippen molar-refractivity contribution in [2.24, 2.45) is 0 Å². The zero-order valence-corrected chi connectivity index (χ0v) is 10.8. The molecular weight excluding hydrogens is 260 g/mol. The minimum Gasteiger partial charge on any atom is -0.301 e. The maximum absolute atomic E-state index is 12.0. The van der Waals surface area contributed by atoms with E-state index in [1.54, 1.807) is 4.57 Å². The third-order valence-corrected chi connectivity index (χ3v) is 3.41. The molecule has 0 N–H and O–H groups in total. The molecule has 0 saturated carbocycles. The summed E-state index contributed by atoms with van der Waals surface area (Å²) in [5.41, 5.74) is 2.41. The zero-order chi connectivity index (χ0) is 13.2. The van der Waals surface area contributed by atoms with Gasteiger partial charge in [0.05, 0.1) is 23.8 Å². The lowest BCUT2D eigenvalue weighted by atomic mass is 10.2. The topological polar surface area (TPSA) is 34.9 Å². The Morgan fingerprint density at radius 2 is 1.79 bits per heavy atom. The van der Waals surface area contributed by atoms with Gasteiger partial charge in [0.1, 0.15) is 0 Å². The van der Waals surface area contributed by atoms with Crippen LogP contribution in [0.25, 0.3) is 11.0 Å². The number of hydrogen-bond acceptors (Lipinski definition) is 2. The maximum atomic E-state index is 12.0. The van der Waals surface area contributed by atoms with E-state index >= 15 is 0 Å². The molecule has 0 spiro atoms. The summed E-state index contributed by atoms with van der Waals surface area (Å²) in [4.78, 5) is 16.1. The van der Waals surface area contributed by atoms with Crippen LogP contribution in [0.1, 0.15) is 5.56 Å². The van der Waals surface area contributed by atoms with Crippen LogP contribution in [0, 0.1) is 0 Å². The van der Waals surface area contributed by atoms with E-state index in [0.717, 1.165) is 16.6 Å². The van der Waals surface area contributed by atoms with Crippen molar-refractivity contribution >= 4 is 22.6 Å². The number of aromatic nitrogens is 2. The van der Waals surface area contributed by atoms with Gasteiger partial charge < -0.3 is 4.57 Å². The number of fused-ring (bicyclic) bond motifs is 1. The van der Waals surface area contributed by atoms with Crippen molar-refractivity contribution in [3.8, 4) is 0 Å². The standard InChI is InChI=1S/C15H11ClN2O/c16-12-6-2-1-5-11(12)10-18-14-8-4-3-7-13(14)17-9-15(18)19/h1-9H,10H2. The fourth-order valence-electron chi connectivity index (χ4n) is 2.07. The first-order valence-corrected chi connectivity index (χ1v) is 6.31. The average molecular weight is 271 g/mol. The van der Waals surface area contributed by atoms with Crippen LogP contribution >= 0.6 is 11.6 Å². The normalized spacial score (nSPS) is 10.8. The molecule has 94 valence electrons. The van der Waals surface area contributed by atoms with Gasteiger partial charge in [-0.1, -0.05) is 41.9 Å². The molecule has 4 heteroatoms. The number of hydrogen-bond donors (Lipinski definition) is 0. The molecule has 3 nitrogen and oxygen atoms in total. The monoisotopic (exact) mass is 270 g/mol. The second-order valence-electron chi connectivity index (χ2n) is 4.26. The van der Waals surface area contributed by atoms with Crippen molar-refractivity contribution in [3.63, 3.8) is 0 Å². The zero-order valence-electron chi connectivity index (χ0n) is 10.1. The van der Waals surface area contributed by atoms with E-state index in [9.17, 15) is 4.79 Å². The van der Waals surface area contributed by atoms with Crippen molar-refractivity contribution in [1.29, 1.82) is 0 Å². The quantitative estimate of drug-likeness (QED) is 0.717. The second-order valence-corrected chi connectivity index (χ2v) is 4.67. The van der Waals surface area contributed by atoms with Gasteiger partial charge in [-0.3, -0.25) is 4.79 Å². The molecule has 3 aromatic rings. The van der Waals surface area contributed by atoms with Gasteiger partial charge in [-0.2, -0.15) is 0 Å². The molecule has 0 bridgehead atoms. The molecule has 0 amide bonds. The SMILES string of the molecule is O=c1cnc2ccccc2n1Cc1ccccc1Cl. The number of nitrogens with zero attached hydrogens (tertiary/aromatic N) is 2. The van der Waals surface area contributed by atoms with Crippen LogP contribution < -0.4 is 5.56 Å². The third-order valence-electron chi connectivity index (χ3n) is 3.04. The van der Waals surface area contributed by atoms with Gasteiger partial charge in [0.2, 0.25) is 0 Å². The fraction of sp³-hybridized carbons (Fsp3) is 0.0667. The van der Waals surface area contributed by atoms with E-state index < -0.39 is 0 Å². The number of rotatable bonds is 2. The molecule has 0 aliphatic carbocycles. The molecule has 1 aromatic heterocycles. The lowest BCUT2D eigenvalue weighted by molar-refractivity contribution is 0.787. The number of benzene rings is 2. The summed E-state index contributed by atoms with van der Waals surface area (Å²) < 4.78 is 1.68. The Balaban J connectivity index is 2.18. The van der Waals surface area contributed by atoms with Gasteiger partial charge in [0.25, 0.3) is 5.56 Å². The van der Waals surface area contributed by atoms with Crippen LogP contribution in [-0.4, -0.2) is 9.55 Å². The number of halogens is 1. The molecule has 0 unspecified atom stereocenters. The summed E-state index contributed by atoms with van der Waals surface area (Å²) in [6.07, 6.45) is 1.35. The van der Waals surface area contributed by atoms with Crippen molar-refractivity contribution in [3.05, 3.63) is 75.7 Å². The molecule has 0 atom stereocenters. The smallest absolute Gasteiger partial charge is 0.269 e. The lowest BCUT2D eigenvalue weighted by Crippen LogP contribution is -2.21. The minimum absolute atomic E-state index is 0.126. The fourth-order valence-corrected chi connectivity index (χ4v) is 2.27. The summed E-state index contributed by atoms with van der Waals surface area (Å²) in [6.45, 7) is 0.446. The van der Waals surface area contributed by atoms with E-state index in [1.165, 1.54) is 6.20 Å². The summed E-state index contributed by atoms with van der Waals surface area (Å²) in [6, 6.07) is 15.1. The molecule has 0 aliphatic heterocycles. The predicted molar refractivity (Wildman–Crippen MR) is 76.6 cm³/mol. The largest absolute Gasteiger partial charge is 0.301 e. The van der Waals surface area contributed by atoms with Gasteiger partial charge >= 0.3 is 0 Å². The molecular formula is C15H11ClN2O. The Labute approximate surface area is 115 Å².